The van der Waals surface area contributed by atoms with Crippen LogP contribution in [-0.4, -0.2) is 30.9 Å². The van der Waals surface area contributed by atoms with E-state index in [0.717, 1.165) is 29.7 Å². The molecular formula is C27H28O5. The topological polar surface area (TPSA) is 65.0 Å². The fourth-order valence-electron chi connectivity index (χ4n) is 3.84. The van der Waals surface area contributed by atoms with Gasteiger partial charge in [0.15, 0.2) is 0 Å². The molecule has 0 aromatic heterocycles. The summed E-state index contributed by atoms with van der Waals surface area (Å²) in [4.78, 5) is 10.9. The van der Waals surface area contributed by atoms with E-state index in [4.69, 9.17) is 19.3 Å². The lowest BCUT2D eigenvalue weighted by Crippen LogP contribution is -2.49. The van der Waals surface area contributed by atoms with Gasteiger partial charge in [-0.05, 0) is 52.4 Å². The van der Waals surface area contributed by atoms with E-state index in [-0.39, 0.29) is 6.61 Å². The van der Waals surface area contributed by atoms with Crippen LogP contribution in [-0.2, 0) is 32.9 Å². The first-order valence-corrected chi connectivity index (χ1v) is 10.9. The zero-order chi connectivity index (χ0) is 22.4. The number of rotatable bonds is 10. The average Bonchev–Trinajstić information content (AvgIpc) is 2.78. The minimum absolute atomic E-state index is 0.348. The van der Waals surface area contributed by atoms with Crippen molar-refractivity contribution in [1.29, 1.82) is 0 Å². The molecule has 0 saturated carbocycles. The Kier molecular flexibility index (Phi) is 6.88. The third kappa shape index (κ3) is 5.18. The summed E-state index contributed by atoms with van der Waals surface area (Å²) in [5.74, 6) is -0.243. The van der Waals surface area contributed by atoms with Crippen LogP contribution in [0.5, 0.6) is 5.75 Å². The molecule has 5 nitrogen and oxygen atoms in total. The minimum atomic E-state index is -0.990. The quantitative estimate of drug-likeness (QED) is 0.476. The van der Waals surface area contributed by atoms with Crippen molar-refractivity contribution in [3.05, 3.63) is 89.5 Å². The zero-order valence-electron chi connectivity index (χ0n) is 18.3. The Labute approximate surface area is 188 Å². The maximum atomic E-state index is 10.9. The number of hydrogen-bond donors (Lipinski definition) is 1. The molecule has 1 heterocycles. The number of carboxylic acids is 1. The van der Waals surface area contributed by atoms with Gasteiger partial charge in [-0.25, -0.2) is 4.79 Å². The molecule has 1 aliphatic heterocycles. The summed E-state index contributed by atoms with van der Waals surface area (Å²) in [5, 5.41) is 8.91. The molecule has 1 aliphatic rings. The fraction of sp³-hybridized carbons (Fsp3) is 0.296. The lowest BCUT2D eigenvalue weighted by atomic mass is 9.91. The highest BCUT2D eigenvalue weighted by Crippen LogP contribution is 2.34. The van der Waals surface area contributed by atoms with Gasteiger partial charge in [0.1, 0.15) is 24.6 Å². The van der Waals surface area contributed by atoms with E-state index >= 15 is 0 Å². The van der Waals surface area contributed by atoms with E-state index in [0.29, 0.717) is 19.8 Å². The largest absolute Gasteiger partial charge is 0.489 e. The van der Waals surface area contributed by atoms with Crippen LogP contribution in [0.15, 0.2) is 72.8 Å². The van der Waals surface area contributed by atoms with Crippen molar-refractivity contribution in [3.8, 4) is 16.9 Å². The minimum Gasteiger partial charge on any atom is -0.489 e. The number of aliphatic carboxylic acids is 1. The molecule has 0 bridgehead atoms. The van der Waals surface area contributed by atoms with Crippen molar-refractivity contribution in [2.45, 2.75) is 32.0 Å². The van der Waals surface area contributed by atoms with E-state index in [2.05, 4.69) is 55.5 Å². The normalized spacial score (nSPS) is 14.5. The maximum Gasteiger partial charge on any atom is 0.329 e. The monoisotopic (exact) mass is 432 g/mol. The van der Waals surface area contributed by atoms with E-state index in [1.807, 2.05) is 24.3 Å². The van der Waals surface area contributed by atoms with Crippen LogP contribution in [0, 0.1) is 0 Å². The molecule has 32 heavy (non-hydrogen) atoms. The van der Waals surface area contributed by atoms with Crippen LogP contribution in [0.3, 0.4) is 0 Å². The Hall–Kier alpha value is -3.15. The molecule has 3 aromatic rings. The van der Waals surface area contributed by atoms with Crippen LogP contribution in [0.1, 0.15) is 30.0 Å². The summed E-state index contributed by atoms with van der Waals surface area (Å²) in [6, 6.07) is 24.7. The molecular weight excluding hydrogens is 404 g/mol. The Morgan fingerprint density at radius 3 is 2.34 bits per heavy atom. The van der Waals surface area contributed by atoms with E-state index in [1.165, 1.54) is 16.7 Å². The third-order valence-electron chi connectivity index (χ3n) is 5.68. The molecule has 4 rings (SSSR count). The Morgan fingerprint density at radius 1 is 0.969 bits per heavy atom. The van der Waals surface area contributed by atoms with Gasteiger partial charge in [-0.15, -0.1) is 0 Å². The number of carbonyl (C=O) groups is 1. The van der Waals surface area contributed by atoms with Gasteiger partial charge in [-0.1, -0.05) is 67.9 Å². The van der Waals surface area contributed by atoms with Crippen molar-refractivity contribution in [3.63, 3.8) is 0 Å². The van der Waals surface area contributed by atoms with Crippen molar-refractivity contribution in [1.82, 2.24) is 0 Å². The molecule has 5 heteroatoms. The van der Waals surface area contributed by atoms with Gasteiger partial charge in [0, 0.05) is 0 Å². The number of carboxylic acid groups (broad SMARTS) is 1. The maximum absolute atomic E-state index is 10.9. The molecule has 0 atom stereocenters. The van der Waals surface area contributed by atoms with E-state index in [9.17, 15) is 4.79 Å². The molecule has 1 saturated heterocycles. The second kappa shape index (κ2) is 9.98. The third-order valence-corrected chi connectivity index (χ3v) is 5.68. The Bertz CT molecular complexity index is 1040. The summed E-state index contributed by atoms with van der Waals surface area (Å²) >= 11 is 0. The Balaban J connectivity index is 1.38. The molecule has 0 aliphatic carbocycles. The smallest absolute Gasteiger partial charge is 0.329 e. The molecule has 0 unspecified atom stereocenters. The number of hydrogen-bond acceptors (Lipinski definition) is 4. The number of ether oxygens (including phenoxy) is 3. The van der Waals surface area contributed by atoms with Gasteiger partial charge < -0.3 is 19.3 Å². The molecule has 0 spiro atoms. The van der Waals surface area contributed by atoms with Crippen LogP contribution in [0.2, 0.25) is 0 Å². The first kappa shape index (κ1) is 22.1. The van der Waals surface area contributed by atoms with Crippen molar-refractivity contribution in [2.75, 3.05) is 19.8 Å². The highest BCUT2D eigenvalue weighted by molar-refractivity contribution is 5.68. The van der Waals surface area contributed by atoms with Gasteiger partial charge in [0.25, 0.3) is 0 Å². The second-order valence-corrected chi connectivity index (χ2v) is 8.13. The second-order valence-electron chi connectivity index (χ2n) is 8.13. The van der Waals surface area contributed by atoms with Gasteiger partial charge in [-0.3, -0.25) is 0 Å². The fourth-order valence-corrected chi connectivity index (χ4v) is 3.84. The molecule has 0 radical (unpaired) electrons. The zero-order valence-corrected chi connectivity index (χ0v) is 18.3. The first-order valence-electron chi connectivity index (χ1n) is 10.9. The molecule has 0 amide bonds. The first-order chi connectivity index (χ1) is 15.6. The van der Waals surface area contributed by atoms with Gasteiger partial charge in [0.05, 0.1) is 13.2 Å². The van der Waals surface area contributed by atoms with E-state index in [1.54, 1.807) is 0 Å². The average molecular weight is 433 g/mol. The van der Waals surface area contributed by atoms with Crippen LogP contribution in [0.25, 0.3) is 11.1 Å². The van der Waals surface area contributed by atoms with Gasteiger partial charge in [0.2, 0.25) is 0 Å². The van der Waals surface area contributed by atoms with Gasteiger partial charge in [-0.2, -0.15) is 0 Å². The number of aryl methyl sites for hydroxylation is 1. The van der Waals surface area contributed by atoms with Crippen molar-refractivity contribution in [2.24, 2.45) is 0 Å². The lowest BCUT2D eigenvalue weighted by Gasteiger charge is -2.41. The predicted octanol–water partition coefficient (Wildman–Crippen LogP) is 5.21. The SMILES string of the molecule is CCCc1ccc(-c2cccc(COc3ccc(C4(OCC(=O)O)COC4)cc3)c2)cc1. The Morgan fingerprint density at radius 2 is 1.72 bits per heavy atom. The standard InChI is InChI=1S/C27H28O5/c1-2-4-20-7-9-22(10-8-20)23-6-3-5-21(15-23)16-31-25-13-11-24(12-14-25)27(18-30-19-27)32-17-26(28)29/h3,5-15H,2,4,16-19H2,1H3,(H,28,29). The summed E-state index contributed by atoms with van der Waals surface area (Å²) < 4.78 is 16.9. The van der Waals surface area contributed by atoms with Crippen molar-refractivity contribution >= 4 is 5.97 Å². The molecule has 166 valence electrons. The molecule has 1 fully saturated rings. The van der Waals surface area contributed by atoms with Crippen molar-refractivity contribution < 1.29 is 24.1 Å². The molecule has 1 N–H and O–H groups in total. The summed E-state index contributed by atoms with van der Waals surface area (Å²) in [7, 11) is 0. The lowest BCUT2D eigenvalue weighted by molar-refractivity contribution is -0.220. The number of benzene rings is 3. The summed E-state index contributed by atoms with van der Waals surface area (Å²) in [6.07, 6.45) is 2.25. The highest BCUT2D eigenvalue weighted by Gasteiger charge is 2.42. The predicted molar refractivity (Wildman–Crippen MR) is 123 cm³/mol. The summed E-state index contributed by atoms with van der Waals surface area (Å²) in [5.41, 5.74) is 5.04. The van der Waals surface area contributed by atoms with E-state index < -0.39 is 11.6 Å². The van der Waals surface area contributed by atoms with Crippen LogP contribution >= 0.6 is 0 Å². The van der Waals surface area contributed by atoms with Crippen LogP contribution < -0.4 is 4.74 Å². The van der Waals surface area contributed by atoms with Crippen LogP contribution in [0.4, 0.5) is 0 Å². The molecule has 3 aromatic carbocycles. The summed E-state index contributed by atoms with van der Waals surface area (Å²) in [6.45, 7) is 3.02. The van der Waals surface area contributed by atoms with Gasteiger partial charge >= 0.3 is 5.97 Å². The highest BCUT2D eigenvalue weighted by atomic mass is 16.6.